The number of likely N-dealkylation sites (N-methyl/N-ethyl adjacent to an activating group) is 1. The Morgan fingerprint density at radius 2 is 2.10 bits per heavy atom. The molecule has 2 aliphatic heterocycles. The van der Waals surface area contributed by atoms with Gasteiger partial charge in [0.25, 0.3) is 5.56 Å². The Morgan fingerprint density at radius 3 is 2.80 bits per heavy atom. The molecule has 1 amide bonds. The minimum Gasteiger partial charge on any atom is -0.341 e. The van der Waals surface area contributed by atoms with Crippen molar-refractivity contribution in [3.05, 3.63) is 33.4 Å². The summed E-state index contributed by atoms with van der Waals surface area (Å²) in [5, 5.41) is 3.18. The maximum absolute atomic E-state index is 12.9. The first-order chi connectivity index (χ1) is 14.1. The van der Waals surface area contributed by atoms with E-state index in [1.165, 1.54) is 4.52 Å². The molecule has 9 nitrogen and oxygen atoms in total. The van der Waals surface area contributed by atoms with Gasteiger partial charge in [0.05, 0.1) is 18.1 Å². The van der Waals surface area contributed by atoms with Crippen molar-refractivity contribution in [3.63, 3.8) is 0 Å². The number of likely N-dealkylation sites (tertiary alicyclic amines) is 1. The van der Waals surface area contributed by atoms with Crippen molar-refractivity contribution in [3.8, 4) is 0 Å². The quantitative estimate of drug-likeness (QED) is 0.748. The lowest BCUT2D eigenvalue weighted by Crippen LogP contribution is -2.46. The first-order valence-corrected chi connectivity index (χ1v) is 12.2. The van der Waals surface area contributed by atoms with E-state index >= 15 is 0 Å². The summed E-state index contributed by atoms with van der Waals surface area (Å²) < 4.78 is 24.9. The summed E-state index contributed by atoms with van der Waals surface area (Å²) in [7, 11) is -1.15. The van der Waals surface area contributed by atoms with E-state index in [2.05, 4.69) is 10.1 Å². The van der Waals surface area contributed by atoms with Crippen LogP contribution in [0.4, 0.5) is 0 Å². The number of carbonyl (C=O) groups excluding carboxylic acids is 1. The summed E-state index contributed by atoms with van der Waals surface area (Å²) in [4.78, 5) is 33.6. The molecule has 2 aromatic rings. The first kappa shape index (κ1) is 21.0. The third kappa shape index (κ3) is 4.02. The Balaban J connectivity index is 1.45. The van der Waals surface area contributed by atoms with Gasteiger partial charge >= 0.3 is 0 Å². The second-order valence-electron chi connectivity index (χ2n) is 8.68. The fraction of sp³-hybridized carbons (Fsp3) is 0.650. The maximum Gasteiger partial charge on any atom is 0.275 e. The molecule has 1 N–H and O–H groups in total. The van der Waals surface area contributed by atoms with Gasteiger partial charge < -0.3 is 4.90 Å². The van der Waals surface area contributed by atoms with Crippen LogP contribution in [-0.2, 0) is 14.6 Å². The Morgan fingerprint density at radius 1 is 1.33 bits per heavy atom. The van der Waals surface area contributed by atoms with Crippen molar-refractivity contribution in [2.24, 2.45) is 0 Å². The number of sulfone groups is 1. The van der Waals surface area contributed by atoms with E-state index in [0.29, 0.717) is 30.7 Å². The minimum atomic E-state index is -2.97. The molecule has 2 saturated heterocycles. The van der Waals surface area contributed by atoms with Gasteiger partial charge in [-0.15, -0.1) is 0 Å². The standard InChI is InChI=1S/C20H29N5O4S/c1-13-14(2)21-18-9-17(22-25(18)20(13)27)15-5-4-7-24(10-15)19(26)11-23(3)16-6-8-30(28,29)12-16/h9,15-16,22H,4-8,10-12H2,1-3H3. The molecule has 2 aromatic heterocycles. The lowest BCUT2D eigenvalue weighted by atomic mass is 9.95. The number of amides is 1. The SMILES string of the molecule is Cc1nc2cc(C3CCCN(C(=O)CN(C)C4CCS(=O)(=O)C4)C3)[nH]n2c(=O)c1C. The molecule has 0 spiro atoms. The number of nitrogens with one attached hydrogen (secondary N) is 1. The van der Waals surface area contributed by atoms with Crippen molar-refractivity contribution in [2.75, 3.05) is 38.2 Å². The van der Waals surface area contributed by atoms with Crippen molar-refractivity contribution < 1.29 is 13.2 Å². The van der Waals surface area contributed by atoms with Crippen LogP contribution in [0.25, 0.3) is 5.65 Å². The zero-order valence-corrected chi connectivity index (χ0v) is 18.5. The summed E-state index contributed by atoms with van der Waals surface area (Å²) in [5.41, 5.74) is 2.77. The topological polar surface area (TPSA) is 108 Å². The van der Waals surface area contributed by atoms with Crippen LogP contribution in [0.5, 0.6) is 0 Å². The molecule has 0 bridgehead atoms. The maximum atomic E-state index is 12.9. The summed E-state index contributed by atoms with van der Waals surface area (Å²) in [6.45, 7) is 5.10. The highest BCUT2D eigenvalue weighted by Crippen LogP contribution is 2.27. The normalized spacial score (nSPS) is 24.1. The molecular weight excluding hydrogens is 406 g/mol. The van der Waals surface area contributed by atoms with Crippen molar-refractivity contribution in [2.45, 2.75) is 45.1 Å². The number of H-pyrrole nitrogens is 1. The van der Waals surface area contributed by atoms with Crippen LogP contribution in [0, 0.1) is 13.8 Å². The fourth-order valence-electron chi connectivity index (χ4n) is 4.47. The number of aryl methyl sites for hydroxylation is 1. The number of hydrogen-bond donors (Lipinski definition) is 1. The van der Waals surface area contributed by atoms with Crippen LogP contribution in [0.15, 0.2) is 10.9 Å². The van der Waals surface area contributed by atoms with Gasteiger partial charge in [0.2, 0.25) is 5.91 Å². The molecule has 2 aliphatic rings. The number of aromatic amines is 1. The predicted octanol–water partition coefficient (Wildman–Crippen LogP) is 0.464. The lowest BCUT2D eigenvalue weighted by Gasteiger charge is -2.34. The Labute approximate surface area is 176 Å². The van der Waals surface area contributed by atoms with E-state index in [0.717, 1.165) is 24.2 Å². The van der Waals surface area contributed by atoms with Crippen LogP contribution >= 0.6 is 0 Å². The van der Waals surface area contributed by atoms with E-state index < -0.39 is 9.84 Å². The zero-order valence-electron chi connectivity index (χ0n) is 17.7. The number of nitrogens with zero attached hydrogens (tertiary/aromatic N) is 4. The molecule has 10 heteroatoms. The van der Waals surface area contributed by atoms with Crippen LogP contribution < -0.4 is 5.56 Å². The van der Waals surface area contributed by atoms with E-state index in [9.17, 15) is 18.0 Å². The number of carbonyl (C=O) groups is 1. The summed E-state index contributed by atoms with van der Waals surface area (Å²) in [5.74, 6) is 0.468. The van der Waals surface area contributed by atoms with Crippen molar-refractivity contribution in [1.29, 1.82) is 0 Å². The molecule has 4 rings (SSSR count). The third-order valence-electron chi connectivity index (χ3n) is 6.53. The summed E-state index contributed by atoms with van der Waals surface area (Å²) in [6, 6.07) is 1.82. The number of rotatable bonds is 4. The summed E-state index contributed by atoms with van der Waals surface area (Å²) >= 11 is 0. The minimum absolute atomic E-state index is 0.0181. The molecule has 0 saturated carbocycles. The van der Waals surface area contributed by atoms with E-state index in [4.69, 9.17) is 0 Å². The highest BCUT2D eigenvalue weighted by molar-refractivity contribution is 7.91. The smallest absolute Gasteiger partial charge is 0.275 e. The third-order valence-corrected chi connectivity index (χ3v) is 8.28. The van der Waals surface area contributed by atoms with Gasteiger partial charge in [-0.05, 0) is 40.2 Å². The largest absolute Gasteiger partial charge is 0.341 e. The molecular formula is C20H29N5O4S. The van der Waals surface area contributed by atoms with Crippen molar-refractivity contribution >= 4 is 21.4 Å². The summed E-state index contributed by atoms with van der Waals surface area (Å²) in [6.07, 6.45) is 2.40. The number of aromatic nitrogens is 3. The first-order valence-electron chi connectivity index (χ1n) is 10.4. The fourth-order valence-corrected chi connectivity index (χ4v) is 6.27. The number of hydrogen-bond acceptors (Lipinski definition) is 6. The second-order valence-corrected chi connectivity index (χ2v) is 10.9. The average Bonchev–Trinajstić information content (AvgIpc) is 3.29. The van der Waals surface area contributed by atoms with E-state index in [-0.39, 0.29) is 41.5 Å². The van der Waals surface area contributed by atoms with Gasteiger partial charge in [0.1, 0.15) is 0 Å². The Kier molecular flexibility index (Phi) is 5.48. The van der Waals surface area contributed by atoms with Crippen LogP contribution in [-0.4, -0.2) is 83.0 Å². The number of piperidine rings is 1. The molecule has 0 aliphatic carbocycles. The van der Waals surface area contributed by atoms with Crippen molar-refractivity contribution in [1.82, 2.24) is 24.4 Å². The van der Waals surface area contributed by atoms with Gasteiger partial charge in [-0.25, -0.2) is 17.9 Å². The number of fused-ring (bicyclic) bond motifs is 1. The predicted molar refractivity (Wildman–Crippen MR) is 114 cm³/mol. The highest BCUT2D eigenvalue weighted by Gasteiger charge is 2.33. The second kappa shape index (κ2) is 7.81. The van der Waals surface area contributed by atoms with Gasteiger partial charge in [-0.3, -0.25) is 19.6 Å². The van der Waals surface area contributed by atoms with Crippen LogP contribution in [0.3, 0.4) is 0 Å². The van der Waals surface area contributed by atoms with E-state index in [1.807, 2.05) is 29.8 Å². The van der Waals surface area contributed by atoms with Crippen LogP contribution in [0.1, 0.15) is 42.1 Å². The van der Waals surface area contributed by atoms with Gasteiger partial charge in [-0.1, -0.05) is 0 Å². The van der Waals surface area contributed by atoms with Crippen LogP contribution in [0.2, 0.25) is 0 Å². The molecule has 2 fully saturated rings. The molecule has 0 aromatic carbocycles. The molecule has 30 heavy (non-hydrogen) atoms. The molecule has 164 valence electrons. The monoisotopic (exact) mass is 435 g/mol. The highest BCUT2D eigenvalue weighted by atomic mass is 32.2. The lowest BCUT2D eigenvalue weighted by molar-refractivity contribution is -0.133. The zero-order chi connectivity index (χ0) is 21.6. The van der Waals surface area contributed by atoms with Gasteiger partial charge in [-0.2, -0.15) is 0 Å². The molecule has 2 unspecified atom stereocenters. The molecule has 2 atom stereocenters. The molecule has 4 heterocycles. The molecule has 0 radical (unpaired) electrons. The van der Waals surface area contributed by atoms with Gasteiger partial charge in [0.15, 0.2) is 15.5 Å². The van der Waals surface area contributed by atoms with E-state index in [1.54, 1.807) is 6.92 Å². The van der Waals surface area contributed by atoms with Gasteiger partial charge in [0, 0.05) is 48.1 Å². The average molecular weight is 436 g/mol. The Hall–Kier alpha value is -2.20. The Bertz CT molecular complexity index is 1140.